The number of Topliss-reactive ketones (excluding diaryl/α,β-unsaturated/α-hetero) is 1. The quantitative estimate of drug-likeness (QED) is 0.446. The van der Waals surface area contributed by atoms with Crippen LogP contribution in [0.4, 0.5) is 13.2 Å². The Labute approximate surface area is 204 Å². The van der Waals surface area contributed by atoms with Crippen LogP contribution in [0.1, 0.15) is 65.8 Å². The van der Waals surface area contributed by atoms with E-state index in [2.05, 4.69) is 10.00 Å². The minimum atomic E-state index is -4.49. The average Bonchev–Trinajstić information content (AvgIpc) is 2.98. The highest BCUT2D eigenvalue weighted by atomic mass is 19.4. The van der Waals surface area contributed by atoms with Crippen molar-refractivity contribution in [3.05, 3.63) is 46.8 Å². The second kappa shape index (κ2) is 10.5. The number of rotatable bonds is 5. The number of ketones is 1. The van der Waals surface area contributed by atoms with E-state index in [4.69, 9.17) is 0 Å². The zero-order valence-electron chi connectivity index (χ0n) is 20.4. The number of piperidine rings is 1. The molecular formula is C26H33F3N4O2. The SMILES string of the molecule is Cc1nn(-c2cccc(C(F)(F)F)c2)c(C)c1C(=O)C(=O)N1CCC(CN2CCCCCC2)CC1. The van der Waals surface area contributed by atoms with E-state index in [9.17, 15) is 22.8 Å². The first kappa shape index (κ1) is 25.4. The summed E-state index contributed by atoms with van der Waals surface area (Å²) in [5.74, 6) is -0.684. The van der Waals surface area contributed by atoms with Crippen molar-refractivity contribution in [2.45, 2.75) is 58.5 Å². The van der Waals surface area contributed by atoms with E-state index in [1.807, 2.05) is 0 Å². The Morgan fingerprint density at radius 3 is 2.29 bits per heavy atom. The van der Waals surface area contributed by atoms with Gasteiger partial charge >= 0.3 is 6.18 Å². The molecule has 0 aliphatic carbocycles. The number of hydrogen-bond donors (Lipinski definition) is 0. The molecular weight excluding hydrogens is 457 g/mol. The van der Waals surface area contributed by atoms with Crippen molar-refractivity contribution < 1.29 is 22.8 Å². The number of carbonyl (C=O) groups is 2. The van der Waals surface area contributed by atoms with Crippen molar-refractivity contribution in [3.63, 3.8) is 0 Å². The van der Waals surface area contributed by atoms with Gasteiger partial charge in [0.15, 0.2) is 0 Å². The summed E-state index contributed by atoms with van der Waals surface area (Å²) in [7, 11) is 0. The molecule has 2 fully saturated rings. The molecule has 0 radical (unpaired) electrons. The Morgan fingerprint density at radius 1 is 1.00 bits per heavy atom. The van der Waals surface area contributed by atoms with Crippen LogP contribution in [-0.2, 0) is 11.0 Å². The fraction of sp³-hybridized carbons (Fsp3) is 0.577. The first-order chi connectivity index (χ1) is 16.6. The van der Waals surface area contributed by atoms with E-state index in [-0.39, 0.29) is 11.3 Å². The lowest BCUT2D eigenvalue weighted by Crippen LogP contribution is -2.44. The molecule has 2 aromatic rings. The summed E-state index contributed by atoms with van der Waals surface area (Å²) in [5.41, 5.74) is 0.250. The molecule has 1 aromatic heterocycles. The minimum Gasteiger partial charge on any atom is -0.336 e. The number of nitrogens with zero attached hydrogens (tertiary/aromatic N) is 4. The number of halogens is 3. The molecule has 1 amide bonds. The molecule has 0 saturated carbocycles. The number of benzene rings is 1. The molecule has 3 heterocycles. The van der Waals surface area contributed by atoms with Gasteiger partial charge in [-0.25, -0.2) is 4.68 Å². The van der Waals surface area contributed by atoms with E-state index in [0.29, 0.717) is 30.4 Å². The summed E-state index contributed by atoms with van der Waals surface area (Å²) in [6.45, 7) is 7.64. The Morgan fingerprint density at radius 2 is 1.66 bits per heavy atom. The van der Waals surface area contributed by atoms with Gasteiger partial charge in [0.05, 0.1) is 28.2 Å². The van der Waals surface area contributed by atoms with Crippen molar-refractivity contribution in [2.24, 2.45) is 5.92 Å². The Bertz CT molecular complexity index is 1060. The normalized spacial score (nSPS) is 18.5. The third kappa shape index (κ3) is 5.77. The van der Waals surface area contributed by atoms with Crippen LogP contribution in [0.2, 0.25) is 0 Å². The first-order valence-electron chi connectivity index (χ1n) is 12.4. The summed E-state index contributed by atoms with van der Waals surface area (Å²) in [4.78, 5) is 30.4. The van der Waals surface area contributed by atoms with Crippen LogP contribution in [-0.4, -0.2) is 64.0 Å². The van der Waals surface area contributed by atoms with Gasteiger partial charge < -0.3 is 9.80 Å². The zero-order valence-corrected chi connectivity index (χ0v) is 20.4. The predicted molar refractivity (Wildman–Crippen MR) is 127 cm³/mol. The largest absolute Gasteiger partial charge is 0.416 e. The van der Waals surface area contributed by atoms with Gasteiger partial charge in [-0.15, -0.1) is 0 Å². The molecule has 1 aromatic carbocycles. The van der Waals surface area contributed by atoms with E-state index < -0.39 is 23.4 Å². The molecule has 0 atom stereocenters. The van der Waals surface area contributed by atoms with Crippen LogP contribution < -0.4 is 0 Å². The lowest BCUT2D eigenvalue weighted by Gasteiger charge is -2.34. The van der Waals surface area contributed by atoms with Crippen molar-refractivity contribution in [1.29, 1.82) is 0 Å². The molecule has 35 heavy (non-hydrogen) atoms. The first-order valence-corrected chi connectivity index (χ1v) is 12.4. The highest BCUT2D eigenvalue weighted by Crippen LogP contribution is 2.31. The summed E-state index contributed by atoms with van der Waals surface area (Å²) in [5, 5.41) is 4.29. The molecule has 190 valence electrons. The number of aromatic nitrogens is 2. The fourth-order valence-electron chi connectivity index (χ4n) is 5.29. The second-order valence-corrected chi connectivity index (χ2v) is 9.79. The van der Waals surface area contributed by atoms with Gasteiger partial charge in [0, 0.05) is 19.6 Å². The smallest absolute Gasteiger partial charge is 0.336 e. The molecule has 2 saturated heterocycles. The summed E-state index contributed by atoms with van der Waals surface area (Å²) < 4.78 is 40.8. The van der Waals surface area contributed by atoms with Gasteiger partial charge in [0.25, 0.3) is 11.7 Å². The maximum absolute atomic E-state index is 13.2. The predicted octanol–water partition coefficient (Wildman–Crippen LogP) is 4.81. The van der Waals surface area contributed by atoms with Crippen LogP contribution in [0, 0.1) is 19.8 Å². The molecule has 0 unspecified atom stereocenters. The second-order valence-electron chi connectivity index (χ2n) is 9.79. The molecule has 6 nitrogen and oxygen atoms in total. The summed E-state index contributed by atoms with van der Waals surface area (Å²) in [6.07, 6.45) is 2.36. The standard InChI is InChI=1S/C26H33F3N4O2/c1-18-23(19(2)33(30-18)22-9-7-8-21(16-22)26(27,28)29)24(34)25(35)32-14-10-20(11-15-32)17-31-12-5-3-4-6-13-31/h7-9,16,20H,3-6,10-15,17H2,1-2H3. The third-order valence-corrected chi connectivity index (χ3v) is 7.25. The van der Waals surface area contributed by atoms with E-state index >= 15 is 0 Å². The monoisotopic (exact) mass is 490 g/mol. The molecule has 0 bridgehead atoms. The summed E-state index contributed by atoms with van der Waals surface area (Å²) >= 11 is 0. The topological polar surface area (TPSA) is 58.4 Å². The molecule has 9 heteroatoms. The molecule has 4 rings (SSSR count). The highest BCUT2D eigenvalue weighted by molar-refractivity contribution is 6.43. The molecule has 0 N–H and O–H groups in total. The van der Waals surface area contributed by atoms with E-state index in [0.717, 1.165) is 44.6 Å². The van der Waals surface area contributed by atoms with Gasteiger partial charge in [-0.3, -0.25) is 9.59 Å². The van der Waals surface area contributed by atoms with Gasteiger partial charge in [-0.1, -0.05) is 18.9 Å². The van der Waals surface area contributed by atoms with Crippen molar-refractivity contribution in [1.82, 2.24) is 19.6 Å². The van der Waals surface area contributed by atoms with Crippen LogP contribution in [0.3, 0.4) is 0 Å². The van der Waals surface area contributed by atoms with Crippen LogP contribution in [0.15, 0.2) is 24.3 Å². The summed E-state index contributed by atoms with van der Waals surface area (Å²) in [6, 6.07) is 4.78. The van der Waals surface area contributed by atoms with E-state index in [1.165, 1.54) is 42.5 Å². The Kier molecular flexibility index (Phi) is 7.64. The number of aryl methyl sites for hydroxylation is 1. The van der Waals surface area contributed by atoms with Crippen LogP contribution >= 0.6 is 0 Å². The maximum atomic E-state index is 13.2. The van der Waals surface area contributed by atoms with Crippen LogP contribution in [0.25, 0.3) is 5.69 Å². The van der Waals surface area contributed by atoms with Gasteiger partial charge in [-0.05, 0) is 76.7 Å². The molecule has 2 aliphatic rings. The zero-order chi connectivity index (χ0) is 25.2. The van der Waals surface area contributed by atoms with Crippen LogP contribution in [0.5, 0.6) is 0 Å². The van der Waals surface area contributed by atoms with E-state index in [1.54, 1.807) is 18.7 Å². The minimum absolute atomic E-state index is 0.166. The van der Waals surface area contributed by atoms with Gasteiger partial charge in [0.1, 0.15) is 0 Å². The molecule has 0 spiro atoms. The lowest BCUT2D eigenvalue weighted by molar-refractivity contribution is -0.137. The average molecular weight is 491 g/mol. The number of amides is 1. The van der Waals surface area contributed by atoms with Crippen molar-refractivity contribution in [3.8, 4) is 5.69 Å². The number of carbonyl (C=O) groups excluding carboxylic acids is 2. The van der Waals surface area contributed by atoms with Gasteiger partial charge in [0.2, 0.25) is 0 Å². The lowest BCUT2D eigenvalue weighted by atomic mass is 9.95. The third-order valence-electron chi connectivity index (χ3n) is 7.25. The van der Waals surface area contributed by atoms with Crippen molar-refractivity contribution in [2.75, 3.05) is 32.7 Å². The van der Waals surface area contributed by atoms with Gasteiger partial charge in [-0.2, -0.15) is 18.3 Å². The number of likely N-dealkylation sites (tertiary alicyclic amines) is 2. The van der Waals surface area contributed by atoms with Crippen molar-refractivity contribution >= 4 is 11.7 Å². The highest BCUT2D eigenvalue weighted by Gasteiger charge is 2.33. The fourth-order valence-corrected chi connectivity index (χ4v) is 5.29. The number of alkyl halides is 3. The molecule has 2 aliphatic heterocycles. The maximum Gasteiger partial charge on any atom is 0.416 e. The Hall–Kier alpha value is -2.68. The number of hydrogen-bond acceptors (Lipinski definition) is 4. The Balaban J connectivity index is 1.43.